The van der Waals surface area contributed by atoms with Crippen LogP contribution >= 0.6 is 0 Å². The molecule has 0 aliphatic carbocycles. The number of fused-ring (bicyclic) bond motifs is 1. The maximum atomic E-state index is 5.78. The second kappa shape index (κ2) is 5.40. The average molecular weight is 262 g/mol. The van der Waals surface area contributed by atoms with Crippen molar-refractivity contribution in [3.63, 3.8) is 0 Å². The molecule has 0 spiro atoms. The molecule has 1 aliphatic heterocycles. The van der Waals surface area contributed by atoms with E-state index in [1.165, 1.54) is 25.9 Å². The minimum Gasteiger partial charge on any atom is -0.475 e. The Morgan fingerprint density at radius 1 is 1.37 bits per heavy atom. The van der Waals surface area contributed by atoms with Crippen LogP contribution in [0.25, 0.3) is 11.2 Å². The predicted octanol–water partition coefficient (Wildman–Crippen LogP) is 0.869. The number of ether oxygens (including phenoxy) is 1. The molecule has 19 heavy (non-hydrogen) atoms. The minimum absolute atomic E-state index is 0.524. The van der Waals surface area contributed by atoms with Crippen molar-refractivity contribution in [3.8, 4) is 5.88 Å². The highest BCUT2D eigenvalue weighted by Gasteiger charge is 2.13. The SMILES string of the molecule is CNc1nc(OCCN2CCCC2)c2[nH]cnc2n1. The summed E-state index contributed by atoms with van der Waals surface area (Å²) in [5, 5.41) is 2.91. The van der Waals surface area contributed by atoms with Gasteiger partial charge in [-0.25, -0.2) is 4.98 Å². The van der Waals surface area contributed by atoms with E-state index in [4.69, 9.17) is 4.74 Å². The lowest BCUT2D eigenvalue weighted by atomic mass is 10.4. The summed E-state index contributed by atoms with van der Waals surface area (Å²) in [6.07, 6.45) is 4.19. The predicted molar refractivity (Wildman–Crippen MR) is 72.4 cm³/mol. The number of rotatable bonds is 5. The van der Waals surface area contributed by atoms with Crippen molar-refractivity contribution in [2.24, 2.45) is 0 Å². The third kappa shape index (κ3) is 2.60. The lowest BCUT2D eigenvalue weighted by molar-refractivity contribution is 0.234. The van der Waals surface area contributed by atoms with Crippen molar-refractivity contribution in [2.45, 2.75) is 12.8 Å². The molecule has 7 heteroatoms. The fourth-order valence-corrected chi connectivity index (χ4v) is 2.30. The summed E-state index contributed by atoms with van der Waals surface area (Å²) in [6.45, 7) is 3.92. The third-order valence-electron chi connectivity index (χ3n) is 3.32. The van der Waals surface area contributed by atoms with E-state index in [0.717, 1.165) is 12.1 Å². The molecule has 0 amide bonds. The van der Waals surface area contributed by atoms with Crippen LogP contribution in [0.4, 0.5) is 5.95 Å². The first-order chi connectivity index (χ1) is 9.36. The molecule has 0 unspecified atom stereocenters. The number of H-pyrrole nitrogens is 1. The molecule has 2 N–H and O–H groups in total. The van der Waals surface area contributed by atoms with Crippen LogP contribution in [0.5, 0.6) is 5.88 Å². The molecule has 0 radical (unpaired) electrons. The van der Waals surface area contributed by atoms with Crippen LogP contribution in [0.3, 0.4) is 0 Å². The Balaban J connectivity index is 1.70. The summed E-state index contributed by atoms with van der Waals surface area (Å²) in [5.74, 6) is 1.09. The summed E-state index contributed by atoms with van der Waals surface area (Å²) in [5.41, 5.74) is 1.37. The number of anilines is 1. The quantitative estimate of drug-likeness (QED) is 0.832. The second-order valence-corrected chi connectivity index (χ2v) is 4.60. The first kappa shape index (κ1) is 12.2. The van der Waals surface area contributed by atoms with Gasteiger partial charge < -0.3 is 15.0 Å². The molecule has 0 atom stereocenters. The van der Waals surface area contributed by atoms with Crippen molar-refractivity contribution in [1.82, 2.24) is 24.8 Å². The van der Waals surface area contributed by atoms with E-state index in [1.807, 2.05) is 0 Å². The van der Waals surface area contributed by atoms with E-state index in [0.29, 0.717) is 24.1 Å². The summed E-state index contributed by atoms with van der Waals surface area (Å²) in [4.78, 5) is 18.1. The highest BCUT2D eigenvalue weighted by atomic mass is 16.5. The van der Waals surface area contributed by atoms with Gasteiger partial charge in [-0.15, -0.1) is 0 Å². The van der Waals surface area contributed by atoms with Gasteiger partial charge in [0, 0.05) is 13.6 Å². The number of aromatic nitrogens is 4. The molecular formula is C12H18N6O. The van der Waals surface area contributed by atoms with Gasteiger partial charge in [0.15, 0.2) is 5.65 Å². The molecule has 1 aliphatic rings. The Morgan fingerprint density at radius 3 is 3.00 bits per heavy atom. The smallest absolute Gasteiger partial charge is 0.245 e. The van der Waals surface area contributed by atoms with E-state index < -0.39 is 0 Å². The Morgan fingerprint density at radius 2 is 2.21 bits per heavy atom. The number of aromatic amines is 1. The van der Waals surface area contributed by atoms with Gasteiger partial charge in [-0.2, -0.15) is 9.97 Å². The zero-order chi connectivity index (χ0) is 13.1. The zero-order valence-corrected chi connectivity index (χ0v) is 11.0. The monoisotopic (exact) mass is 262 g/mol. The maximum absolute atomic E-state index is 5.78. The highest BCUT2D eigenvalue weighted by Crippen LogP contribution is 2.20. The van der Waals surface area contributed by atoms with E-state index in [9.17, 15) is 0 Å². The largest absolute Gasteiger partial charge is 0.475 e. The number of nitrogens with one attached hydrogen (secondary N) is 2. The van der Waals surface area contributed by atoms with Crippen LogP contribution in [0.1, 0.15) is 12.8 Å². The van der Waals surface area contributed by atoms with Crippen LogP contribution in [-0.2, 0) is 0 Å². The van der Waals surface area contributed by atoms with Gasteiger partial charge in [0.05, 0.1) is 6.33 Å². The van der Waals surface area contributed by atoms with Gasteiger partial charge in [0.1, 0.15) is 12.1 Å². The van der Waals surface area contributed by atoms with Gasteiger partial charge in [0.2, 0.25) is 11.8 Å². The van der Waals surface area contributed by atoms with Crippen molar-refractivity contribution in [1.29, 1.82) is 0 Å². The van der Waals surface area contributed by atoms with Crippen molar-refractivity contribution >= 4 is 17.1 Å². The topological polar surface area (TPSA) is 79.0 Å². The molecule has 7 nitrogen and oxygen atoms in total. The first-order valence-electron chi connectivity index (χ1n) is 6.61. The van der Waals surface area contributed by atoms with Gasteiger partial charge in [0.25, 0.3) is 0 Å². The Kier molecular flexibility index (Phi) is 3.45. The van der Waals surface area contributed by atoms with Crippen LogP contribution < -0.4 is 10.1 Å². The van der Waals surface area contributed by atoms with E-state index in [2.05, 4.69) is 30.2 Å². The second-order valence-electron chi connectivity index (χ2n) is 4.60. The van der Waals surface area contributed by atoms with Crippen LogP contribution in [-0.4, -0.2) is 58.1 Å². The van der Waals surface area contributed by atoms with Gasteiger partial charge in [-0.3, -0.25) is 4.90 Å². The van der Waals surface area contributed by atoms with E-state index in [1.54, 1.807) is 13.4 Å². The van der Waals surface area contributed by atoms with Crippen molar-refractivity contribution in [3.05, 3.63) is 6.33 Å². The molecule has 3 heterocycles. The molecule has 1 saturated heterocycles. The molecule has 2 aromatic heterocycles. The van der Waals surface area contributed by atoms with Crippen LogP contribution in [0.15, 0.2) is 6.33 Å². The lowest BCUT2D eigenvalue weighted by Gasteiger charge is -2.14. The van der Waals surface area contributed by atoms with Gasteiger partial charge in [-0.1, -0.05) is 0 Å². The number of hydrogen-bond acceptors (Lipinski definition) is 6. The number of likely N-dealkylation sites (tertiary alicyclic amines) is 1. The average Bonchev–Trinajstić information content (AvgIpc) is 3.08. The summed E-state index contributed by atoms with van der Waals surface area (Å²) < 4.78 is 5.78. The first-order valence-corrected chi connectivity index (χ1v) is 6.61. The molecule has 0 aromatic carbocycles. The molecular weight excluding hydrogens is 244 g/mol. The third-order valence-corrected chi connectivity index (χ3v) is 3.32. The van der Waals surface area contributed by atoms with E-state index in [-0.39, 0.29) is 0 Å². The number of nitrogens with zero attached hydrogens (tertiary/aromatic N) is 4. The number of hydrogen-bond donors (Lipinski definition) is 2. The highest BCUT2D eigenvalue weighted by molar-refractivity contribution is 5.76. The fourth-order valence-electron chi connectivity index (χ4n) is 2.30. The normalized spacial score (nSPS) is 16.1. The molecule has 102 valence electrons. The summed E-state index contributed by atoms with van der Waals surface area (Å²) in [7, 11) is 1.78. The summed E-state index contributed by atoms with van der Waals surface area (Å²) in [6, 6.07) is 0. The fraction of sp³-hybridized carbons (Fsp3) is 0.583. The molecule has 2 aromatic rings. The van der Waals surface area contributed by atoms with Gasteiger partial charge >= 0.3 is 0 Å². The maximum Gasteiger partial charge on any atom is 0.245 e. The molecule has 1 fully saturated rings. The van der Waals surface area contributed by atoms with Crippen LogP contribution in [0, 0.1) is 0 Å². The Hall–Kier alpha value is -1.89. The van der Waals surface area contributed by atoms with E-state index >= 15 is 0 Å². The Bertz CT molecular complexity index is 548. The van der Waals surface area contributed by atoms with Gasteiger partial charge in [-0.05, 0) is 25.9 Å². The molecule has 0 bridgehead atoms. The Labute approximate surface area is 111 Å². The summed E-state index contributed by atoms with van der Waals surface area (Å²) >= 11 is 0. The zero-order valence-electron chi connectivity index (χ0n) is 11.0. The molecule has 0 saturated carbocycles. The minimum atomic E-state index is 0.524. The van der Waals surface area contributed by atoms with Crippen molar-refractivity contribution < 1.29 is 4.74 Å². The number of imidazole rings is 1. The van der Waals surface area contributed by atoms with Crippen LogP contribution in [0.2, 0.25) is 0 Å². The standard InChI is InChI=1S/C12H18N6O/c1-13-12-16-10-9(14-8-15-10)11(17-12)19-7-6-18-4-2-3-5-18/h8H,2-7H2,1H3,(H2,13,14,15,16,17). The lowest BCUT2D eigenvalue weighted by Crippen LogP contribution is -2.25. The van der Waals surface area contributed by atoms with Crippen molar-refractivity contribution in [2.75, 3.05) is 38.6 Å². The molecule has 3 rings (SSSR count).